The fourth-order valence-corrected chi connectivity index (χ4v) is 2.31. The number of hydrogen-bond donors (Lipinski definition) is 1. The van der Waals surface area contributed by atoms with E-state index >= 15 is 0 Å². The van der Waals surface area contributed by atoms with Crippen LogP contribution >= 0.6 is 0 Å². The number of non-ortho nitro benzene ring substituents is 1. The Morgan fingerprint density at radius 2 is 2.00 bits per heavy atom. The lowest BCUT2D eigenvalue weighted by atomic mass is 10.0. The molecule has 0 aliphatic carbocycles. The monoisotopic (exact) mass is 311 g/mol. The van der Waals surface area contributed by atoms with Gasteiger partial charge in [0.15, 0.2) is 0 Å². The first-order chi connectivity index (χ1) is 11.1. The van der Waals surface area contributed by atoms with Crippen LogP contribution in [-0.4, -0.2) is 12.0 Å². The number of nitriles is 1. The molecule has 0 aliphatic heterocycles. The molecule has 2 aromatic rings. The molecule has 1 atom stereocenters. The van der Waals surface area contributed by atoms with Crippen molar-refractivity contribution in [3.63, 3.8) is 0 Å². The Kier molecular flexibility index (Phi) is 5.15. The summed E-state index contributed by atoms with van der Waals surface area (Å²) in [6.07, 6.45) is 0.800. The molecular formula is C17H17N3O3. The summed E-state index contributed by atoms with van der Waals surface area (Å²) >= 11 is 0. The third kappa shape index (κ3) is 3.77. The van der Waals surface area contributed by atoms with Crippen molar-refractivity contribution in [2.75, 3.05) is 12.4 Å². The Bertz CT molecular complexity index is 736. The zero-order valence-corrected chi connectivity index (χ0v) is 12.9. The lowest BCUT2D eigenvalue weighted by molar-refractivity contribution is -0.384. The van der Waals surface area contributed by atoms with Crippen molar-refractivity contribution in [2.24, 2.45) is 0 Å². The normalized spacial score (nSPS) is 11.3. The van der Waals surface area contributed by atoms with Crippen molar-refractivity contribution in [3.8, 4) is 11.8 Å². The largest absolute Gasteiger partial charge is 0.497 e. The molecule has 0 unspecified atom stereocenters. The van der Waals surface area contributed by atoms with Gasteiger partial charge in [0.05, 0.1) is 29.3 Å². The molecule has 118 valence electrons. The van der Waals surface area contributed by atoms with Crippen molar-refractivity contribution in [3.05, 3.63) is 63.7 Å². The van der Waals surface area contributed by atoms with E-state index in [9.17, 15) is 15.4 Å². The van der Waals surface area contributed by atoms with Crippen LogP contribution in [0, 0.1) is 21.4 Å². The second-order valence-corrected chi connectivity index (χ2v) is 4.98. The molecule has 6 nitrogen and oxygen atoms in total. The van der Waals surface area contributed by atoms with Gasteiger partial charge in [-0.15, -0.1) is 0 Å². The molecule has 0 heterocycles. The van der Waals surface area contributed by atoms with Crippen LogP contribution in [0.2, 0.25) is 0 Å². The second kappa shape index (κ2) is 7.27. The maximum Gasteiger partial charge on any atom is 0.270 e. The standard InChI is InChI=1S/C17H17N3O3/c1-3-16(12-4-7-15(23-2)8-5-12)19-17-9-6-14(20(21)22)10-13(17)11-18/h4-10,16,19H,3H2,1-2H3/t16-/m0/s1. The van der Waals surface area contributed by atoms with Gasteiger partial charge in [0.25, 0.3) is 5.69 Å². The molecule has 0 radical (unpaired) electrons. The second-order valence-electron chi connectivity index (χ2n) is 4.98. The molecule has 2 aromatic carbocycles. The maximum atomic E-state index is 10.8. The third-order valence-corrected chi connectivity index (χ3v) is 3.59. The van der Waals surface area contributed by atoms with Gasteiger partial charge in [-0.3, -0.25) is 10.1 Å². The lowest BCUT2D eigenvalue weighted by Crippen LogP contribution is -2.10. The van der Waals surface area contributed by atoms with Gasteiger partial charge >= 0.3 is 0 Å². The van der Waals surface area contributed by atoms with E-state index in [4.69, 9.17) is 4.74 Å². The Balaban J connectivity index is 2.27. The number of nitro groups is 1. The first-order valence-corrected chi connectivity index (χ1v) is 7.18. The molecule has 1 N–H and O–H groups in total. The van der Waals surface area contributed by atoms with Gasteiger partial charge in [-0.05, 0) is 30.2 Å². The summed E-state index contributed by atoms with van der Waals surface area (Å²) in [5.41, 5.74) is 1.80. The van der Waals surface area contributed by atoms with E-state index in [0.29, 0.717) is 5.69 Å². The number of nitrogens with zero attached hydrogens (tertiary/aromatic N) is 2. The van der Waals surface area contributed by atoms with Crippen LogP contribution in [0.5, 0.6) is 5.75 Å². The van der Waals surface area contributed by atoms with Gasteiger partial charge < -0.3 is 10.1 Å². The number of methoxy groups -OCH3 is 1. The SMILES string of the molecule is CC[C@H](Nc1ccc([N+](=O)[O-])cc1C#N)c1ccc(OC)cc1. The first kappa shape index (κ1) is 16.3. The van der Waals surface area contributed by atoms with Crippen LogP contribution in [-0.2, 0) is 0 Å². The number of hydrogen-bond acceptors (Lipinski definition) is 5. The van der Waals surface area contributed by atoms with Crippen LogP contribution in [0.3, 0.4) is 0 Å². The summed E-state index contributed by atoms with van der Waals surface area (Å²) in [6.45, 7) is 2.03. The quantitative estimate of drug-likeness (QED) is 0.642. The van der Waals surface area contributed by atoms with Crippen LogP contribution < -0.4 is 10.1 Å². The predicted octanol–water partition coefficient (Wildman–Crippen LogP) is 4.04. The van der Waals surface area contributed by atoms with Crippen molar-refractivity contribution < 1.29 is 9.66 Å². The third-order valence-electron chi connectivity index (χ3n) is 3.59. The Morgan fingerprint density at radius 1 is 1.30 bits per heavy atom. The minimum Gasteiger partial charge on any atom is -0.497 e. The van der Waals surface area contributed by atoms with Crippen molar-refractivity contribution in [1.82, 2.24) is 0 Å². The molecule has 6 heteroatoms. The summed E-state index contributed by atoms with van der Waals surface area (Å²) < 4.78 is 5.15. The fraction of sp³-hybridized carbons (Fsp3) is 0.235. The number of anilines is 1. The minimum absolute atomic E-state index is 0.00513. The predicted molar refractivity (Wildman–Crippen MR) is 87.5 cm³/mol. The lowest BCUT2D eigenvalue weighted by Gasteiger charge is -2.19. The number of nitrogens with one attached hydrogen (secondary N) is 1. The van der Waals surface area contributed by atoms with Gasteiger partial charge in [-0.2, -0.15) is 5.26 Å². The molecule has 0 saturated heterocycles. The Morgan fingerprint density at radius 3 is 2.52 bits per heavy atom. The molecule has 0 saturated carbocycles. The molecule has 0 amide bonds. The summed E-state index contributed by atoms with van der Waals surface area (Å²) in [4.78, 5) is 10.3. The highest BCUT2D eigenvalue weighted by Crippen LogP contribution is 2.28. The molecular weight excluding hydrogens is 294 g/mol. The van der Waals surface area contributed by atoms with E-state index in [-0.39, 0.29) is 17.3 Å². The zero-order valence-electron chi connectivity index (χ0n) is 12.9. The van der Waals surface area contributed by atoms with Crippen molar-refractivity contribution in [1.29, 1.82) is 5.26 Å². The highest BCUT2D eigenvalue weighted by Gasteiger charge is 2.15. The van der Waals surface area contributed by atoms with Crippen LogP contribution in [0.4, 0.5) is 11.4 Å². The number of rotatable bonds is 6. The topological polar surface area (TPSA) is 88.2 Å². The van der Waals surface area contributed by atoms with Crippen LogP contribution in [0.25, 0.3) is 0 Å². The number of ether oxygens (including phenoxy) is 1. The van der Waals surface area contributed by atoms with E-state index in [0.717, 1.165) is 17.7 Å². The zero-order chi connectivity index (χ0) is 16.8. The van der Waals surface area contributed by atoms with E-state index in [1.165, 1.54) is 12.1 Å². The first-order valence-electron chi connectivity index (χ1n) is 7.18. The van der Waals surface area contributed by atoms with Gasteiger partial charge in [0, 0.05) is 12.1 Å². The summed E-state index contributed by atoms with van der Waals surface area (Å²) in [5.74, 6) is 0.775. The van der Waals surface area contributed by atoms with Gasteiger partial charge in [-0.1, -0.05) is 19.1 Å². The average Bonchev–Trinajstić information content (AvgIpc) is 2.59. The fourth-order valence-electron chi connectivity index (χ4n) is 2.31. The van der Waals surface area contributed by atoms with E-state index < -0.39 is 4.92 Å². The minimum atomic E-state index is -0.509. The van der Waals surface area contributed by atoms with Crippen LogP contribution in [0.15, 0.2) is 42.5 Å². The Hall–Kier alpha value is -3.07. The maximum absolute atomic E-state index is 10.8. The van der Waals surface area contributed by atoms with Gasteiger partial charge in [0.1, 0.15) is 11.8 Å². The van der Waals surface area contributed by atoms with Gasteiger partial charge in [0.2, 0.25) is 0 Å². The number of benzene rings is 2. The highest BCUT2D eigenvalue weighted by atomic mass is 16.6. The van der Waals surface area contributed by atoms with E-state index in [2.05, 4.69) is 5.32 Å². The molecule has 0 fully saturated rings. The molecule has 0 aliphatic rings. The molecule has 0 spiro atoms. The number of nitro benzene ring substituents is 1. The molecule has 0 aromatic heterocycles. The Labute approximate surface area is 134 Å². The highest BCUT2D eigenvalue weighted by molar-refractivity contribution is 5.62. The smallest absolute Gasteiger partial charge is 0.270 e. The summed E-state index contributed by atoms with van der Waals surface area (Å²) in [7, 11) is 1.61. The van der Waals surface area contributed by atoms with Crippen molar-refractivity contribution in [2.45, 2.75) is 19.4 Å². The van der Waals surface area contributed by atoms with Crippen LogP contribution in [0.1, 0.15) is 30.5 Å². The van der Waals surface area contributed by atoms with E-state index in [1.54, 1.807) is 13.2 Å². The molecule has 23 heavy (non-hydrogen) atoms. The van der Waals surface area contributed by atoms with Crippen molar-refractivity contribution >= 4 is 11.4 Å². The average molecular weight is 311 g/mol. The molecule has 2 rings (SSSR count). The van der Waals surface area contributed by atoms with E-state index in [1.807, 2.05) is 37.3 Å². The molecule has 0 bridgehead atoms. The summed E-state index contributed by atoms with van der Waals surface area (Å²) in [5, 5.41) is 23.3. The van der Waals surface area contributed by atoms with Gasteiger partial charge in [-0.25, -0.2) is 0 Å². The summed E-state index contributed by atoms with van der Waals surface area (Å²) in [6, 6.07) is 13.9.